The number of carbonyl (C=O) groups excluding carboxylic acids is 1. The molecule has 2 aromatic rings. The Morgan fingerprint density at radius 3 is 2.62 bits per heavy atom. The molecule has 1 aromatic carbocycles. The summed E-state index contributed by atoms with van der Waals surface area (Å²) in [5, 5.41) is 3.75. The molecular formula is C29H43N3O6S. The second-order valence-corrected chi connectivity index (χ2v) is 13.3. The van der Waals surface area contributed by atoms with Crippen molar-refractivity contribution in [3.63, 3.8) is 0 Å². The molecule has 2 heterocycles. The van der Waals surface area contributed by atoms with E-state index in [2.05, 4.69) is 17.0 Å². The van der Waals surface area contributed by atoms with Crippen molar-refractivity contribution in [2.45, 2.75) is 109 Å². The standard InChI is InChI=1S/C29H43N3O6S/c1-7-15-31(19-25-10-8-9-16-32(25)28(33)36-29(4,5)6)24-13-11-22-12-14-26(18-23(22)17-24)38-39(34,35)27-20(2)30-37-21(27)3/h12,14,18,24-25H,7-11,13,15-17,19H2,1-6H3. The van der Waals surface area contributed by atoms with Gasteiger partial charge in [-0.3, -0.25) is 4.90 Å². The molecule has 10 heteroatoms. The van der Waals surface area contributed by atoms with Crippen LogP contribution >= 0.6 is 0 Å². The summed E-state index contributed by atoms with van der Waals surface area (Å²) < 4.78 is 42.2. The summed E-state index contributed by atoms with van der Waals surface area (Å²) >= 11 is 0. The van der Waals surface area contributed by atoms with E-state index in [1.54, 1.807) is 19.9 Å². The summed E-state index contributed by atoms with van der Waals surface area (Å²) in [7, 11) is -4.06. The molecule has 2 unspecified atom stereocenters. The number of hydrogen-bond donors (Lipinski definition) is 0. The Morgan fingerprint density at radius 2 is 1.95 bits per heavy atom. The third kappa shape index (κ3) is 7.14. The highest BCUT2D eigenvalue weighted by molar-refractivity contribution is 7.87. The average Bonchev–Trinajstić information content (AvgIpc) is 3.21. The van der Waals surface area contributed by atoms with Gasteiger partial charge in [-0.25, -0.2) is 4.79 Å². The molecule has 216 valence electrons. The predicted molar refractivity (Wildman–Crippen MR) is 148 cm³/mol. The molecular weight excluding hydrogens is 518 g/mol. The molecule has 0 radical (unpaired) electrons. The van der Waals surface area contributed by atoms with Crippen LogP contribution < -0.4 is 4.18 Å². The number of ether oxygens (including phenoxy) is 1. The average molecular weight is 562 g/mol. The van der Waals surface area contributed by atoms with Gasteiger partial charge in [-0.1, -0.05) is 18.1 Å². The summed E-state index contributed by atoms with van der Waals surface area (Å²) in [4.78, 5) is 17.4. The highest BCUT2D eigenvalue weighted by Gasteiger charge is 2.34. The zero-order chi connectivity index (χ0) is 28.4. The number of rotatable bonds is 8. The molecule has 9 nitrogen and oxygen atoms in total. The zero-order valence-corrected chi connectivity index (χ0v) is 25.0. The second kappa shape index (κ2) is 11.9. The number of aromatic nitrogens is 1. The maximum Gasteiger partial charge on any atom is 0.410 e. The van der Waals surface area contributed by atoms with Gasteiger partial charge in [0, 0.05) is 25.2 Å². The van der Waals surface area contributed by atoms with Crippen molar-refractivity contribution in [3.05, 3.63) is 40.8 Å². The highest BCUT2D eigenvalue weighted by Crippen LogP contribution is 2.31. The maximum atomic E-state index is 13.0. The van der Waals surface area contributed by atoms with E-state index >= 15 is 0 Å². The summed E-state index contributed by atoms with van der Waals surface area (Å²) in [6.45, 7) is 13.5. The van der Waals surface area contributed by atoms with Crippen molar-refractivity contribution in [2.75, 3.05) is 19.6 Å². The summed E-state index contributed by atoms with van der Waals surface area (Å²) in [5.41, 5.74) is 2.08. The van der Waals surface area contributed by atoms with Gasteiger partial charge in [-0.15, -0.1) is 0 Å². The Hall–Kier alpha value is -2.59. The largest absolute Gasteiger partial charge is 0.444 e. The molecule has 39 heavy (non-hydrogen) atoms. The van der Waals surface area contributed by atoms with Crippen LogP contribution in [-0.2, 0) is 27.7 Å². The van der Waals surface area contributed by atoms with Gasteiger partial charge in [0.2, 0.25) is 0 Å². The third-order valence-corrected chi connectivity index (χ3v) is 9.03. The monoisotopic (exact) mass is 561 g/mol. The lowest BCUT2D eigenvalue weighted by Gasteiger charge is -2.42. The van der Waals surface area contributed by atoms with Crippen molar-refractivity contribution in [2.24, 2.45) is 0 Å². The number of benzene rings is 1. The lowest BCUT2D eigenvalue weighted by Crippen LogP contribution is -2.53. The van der Waals surface area contributed by atoms with Gasteiger partial charge >= 0.3 is 16.2 Å². The SMILES string of the molecule is CCCN(CC1CCCCN1C(=O)OC(C)(C)C)C1CCc2ccc(OS(=O)(=O)c3c(C)noc3C)cc2C1. The molecule has 1 saturated heterocycles. The number of carbonyl (C=O) groups is 1. The van der Waals surface area contributed by atoms with Crippen molar-refractivity contribution < 1.29 is 26.7 Å². The number of hydrogen-bond acceptors (Lipinski definition) is 8. The minimum atomic E-state index is -4.06. The zero-order valence-electron chi connectivity index (χ0n) is 24.2. The summed E-state index contributed by atoms with van der Waals surface area (Å²) in [6, 6.07) is 5.97. The van der Waals surface area contributed by atoms with E-state index in [4.69, 9.17) is 13.4 Å². The number of piperidine rings is 1. The fourth-order valence-corrected chi connectivity index (χ4v) is 7.04. The smallest absolute Gasteiger partial charge is 0.410 e. The van der Waals surface area contributed by atoms with Gasteiger partial charge in [0.15, 0.2) is 10.7 Å². The van der Waals surface area contributed by atoms with Gasteiger partial charge in [0.25, 0.3) is 0 Å². The Balaban J connectivity index is 1.49. The van der Waals surface area contributed by atoms with Gasteiger partial charge in [-0.2, -0.15) is 8.42 Å². The molecule has 0 spiro atoms. The molecule has 1 aliphatic carbocycles. The first-order valence-corrected chi connectivity index (χ1v) is 15.5. The highest BCUT2D eigenvalue weighted by atomic mass is 32.2. The molecule has 1 amide bonds. The van der Waals surface area contributed by atoms with E-state index in [1.807, 2.05) is 37.8 Å². The molecule has 0 saturated carbocycles. The lowest BCUT2D eigenvalue weighted by molar-refractivity contribution is 0.00223. The van der Waals surface area contributed by atoms with Crippen LogP contribution in [0.2, 0.25) is 0 Å². The van der Waals surface area contributed by atoms with E-state index < -0.39 is 15.7 Å². The summed E-state index contributed by atoms with van der Waals surface area (Å²) in [5.74, 6) is 0.503. The first-order chi connectivity index (χ1) is 18.4. The topological polar surface area (TPSA) is 102 Å². The quantitative estimate of drug-likeness (QED) is 0.394. The van der Waals surface area contributed by atoms with E-state index in [0.29, 0.717) is 11.8 Å². The Bertz CT molecular complexity index is 1250. The molecule has 4 rings (SSSR count). The van der Waals surface area contributed by atoms with Gasteiger partial charge in [0.1, 0.15) is 17.0 Å². The Labute approximate surface area is 232 Å². The molecule has 0 N–H and O–H groups in total. The minimum Gasteiger partial charge on any atom is -0.444 e. The number of fused-ring (bicyclic) bond motifs is 1. The fraction of sp³-hybridized carbons (Fsp3) is 0.655. The maximum absolute atomic E-state index is 13.0. The first kappa shape index (κ1) is 29.4. The van der Waals surface area contributed by atoms with Crippen LogP contribution in [0.5, 0.6) is 5.75 Å². The molecule has 2 atom stereocenters. The molecule has 2 aliphatic rings. The van der Waals surface area contributed by atoms with Crippen molar-refractivity contribution >= 4 is 16.2 Å². The van der Waals surface area contributed by atoms with Crippen LogP contribution in [0.3, 0.4) is 0 Å². The second-order valence-electron chi connectivity index (χ2n) is 11.8. The van der Waals surface area contributed by atoms with E-state index in [0.717, 1.165) is 70.1 Å². The lowest BCUT2D eigenvalue weighted by atomic mass is 9.86. The van der Waals surface area contributed by atoms with Crippen molar-refractivity contribution in [1.29, 1.82) is 0 Å². The van der Waals surface area contributed by atoms with Crippen LogP contribution in [0.15, 0.2) is 27.6 Å². The number of likely N-dealkylation sites (tertiary alicyclic amines) is 1. The number of aryl methyl sites for hydroxylation is 3. The molecule has 0 bridgehead atoms. The van der Waals surface area contributed by atoms with Crippen molar-refractivity contribution in [1.82, 2.24) is 15.0 Å². The van der Waals surface area contributed by atoms with Crippen LogP contribution in [0.25, 0.3) is 0 Å². The molecule has 1 aliphatic heterocycles. The van der Waals surface area contributed by atoms with Crippen molar-refractivity contribution in [3.8, 4) is 5.75 Å². The van der Waals surface area contributed by atoms with E-state index in [9.17, 15) is 13.2 Å². The Kier molecular flexibility index (Phi) is 8.95. The van der Waals surface area contributed by atoms with Crippen LogP contribution in [0.1, 0.15) is 82.4 Å². The van der Waals surface area contributed by atoms with E-state index in [1.165, 1.54) is 5.56 Å². The number of nitrogens with zero attached hydrogens (tertiary/aromatic N) is 3. The van der Waals surface area contributed by atoms with Gasteiger partial charge in [0.05, 0.1) is 0 Å². The molecule has 1 aromatic heterocycles. The van der Waals surface area contributed by atoms with Gasteiger partial charge < -0.3 is 18.3 Å². The first-order valence-electron chi connectivity index (χ1n) is 14.1. The van der Waals surface area contributed by atoms with Crippen LogP contribution in [-0.4, -0.2) is 66.8 Å². The van der Waals surface area contributed by atoms with E-state index in [-0.39, 0.29) is 28.5 Å². The minimum absolute atomic E-state index is 0.0192. The summed E-state index contributed by atoms with van der Waals surface area (Å²) in [6.07, 6.45) is 6.61. The third-order valence-electron chi connectivity index (χ3n) is 7.53. The van der Waals surface area contributed by atoms with Gasteiger partial charge in [-0.05, 0) is 109 Å². The number of amides is 1. The predicted octanol–water partition coefficient (Wildman–Crippen LogP) is 5.42. The Morgan fingerprint density at radius 1 is 1.18 bits per heavy atom. The fourth-order valence-electron chi connectivity index (χ4n) is 5.81. The normalized spacial score (nSPS) is 20.1. The molecule has 1 fully saturated rings. The van der Waals surface area contributed by atoms with Crippen LogP contribution in [0, 0.1) is 13.8 Å². The van der Waals surface area contributed by atoms with Crippen LogP contribution in [0.4, 0.5) is 4.79 Å².